The highest BCUT2D eigenvalue weighted by Gasteiger charge is 2.04. The third-order valence-electron chi connectivity index (χ3n) is 1.58. The van der Waals surface area contributed by atoms with Gasteiger partial charge in [0, 0.05) is 6.07 Å². The van der Waals surface area contributed by atoms with E-state index in [0.717, 1.165) is 0 Å². The average molecular weight is 212 g/mol. The summed E-state index contributed by atoms with van der Waals surface area (Å²) >= 11 is 0. The minimum atomic E-state index is -0.349. The Balaban J connectivity index is 2.35. The molecule has 0 spiro atoms. The van der Waals surface area contributed by atoms with E-state index in [1.54, 1.807) is 6.92 Å². The molecule has 0 amide bonds. The summed E-state index contributed by atoms with van der Waals surface area (Å²) in [6.45, 7) is 2.17. The van der Waals surface area contributed by atoms with Crippen molar-refractivity contribution in [2.75, 3.05) is 13.2 Å². The minimum Gasteiger partial charge on any atom is -0.486 e. The molecule has 15 heavy (non-hydrogen) atoms. The van der Waals surface area contributed by atoms with Crippen molar-refractivity contribution in [2.24, 2.45) is 0 Å². The Morgan fingerprint density at radius 3 is 3.00 bits per heavy atom. The monoisotopic (exact) mass is 212 g/mol. The van der Waals surface area contributed by atoms with Crippen LogP contribution in [0.25, 0.3) is 0 Å². The van der Waals surface area contributed by atoms with Crippen molar-refractivity contribution < 1.29 is 18.7 Å². The fourth-order valence-corrected chi connectivity index (χ4v) is 0.925. The third kappa shape index (κ3) is 3.84. The molecule has 0 aliphatic rings. The molecular weight excluding hydrogens is 200 g/mol. The second kappa shape index (κ2) is 5.85. The Morgan fingerprint density at radius 2 is 2.33 bits per heavy atom. The van der Waals surface area contributed by atoms with Crippen LogP contribution in [0.4, 0.5) is 0 Å². The first kappa shape index (κ1) is 11.3. The zero-order valence-electron chi connectivity index (χ0n) is 8.39. The smallest absolute Gasteiger partial charge is 0.309 e. The van der Waals surface area contributed by atoms with Crippen molar-refractivity contribution >= 4 is 5.97 Å². The van der Waals surface area contributed by atoms with Crippen LogP contribution in [0.15, 0.2) is 27.8 Å². The van der Waals surface area contributed by atoms with Crippen LogP contribution < -0.4 is 10.2 Å². The summed E-state index contributed by atoms with van der Waals surface area (Å²) in [4.78, 5) is 22.0. The van der Waals surface area contributed by atoms with Crippen molar-refractivity contribution in [1.82, 2.24) is 0 Å². The first-order valence-corrected chi connectivity index (χ1v) is 4.59. The van der Waals surface area contributed by atoms with Gasteiger partial charge in [-0.3, -0.25) is 9.59 Å². The zero-order chi connectivity index (χ0) is 11.1. The lowest BCUT2D eigenvalue weighted by Crippen LogP contribution is -2.12. The molecule has 0 N–H and O–H groups in total. The maximum Gasteiger partial charge on any atom is 0.309 e. The number of ether oxygens (including phenoxy) is 2. The SMILES string of the molecule is CCOC(=O)CCOc1coccc1=O. The van der Waals surface area contributed by atoms with E-state index in [2.05, 4.69) is 4.74 Å². The van der Waals surface area contributed by atoms with Crippen molar-refractivity contribution in [3.05, 3.63) is 28.8 Å². The molecule has 0 radical (unpaired) electrons. The van der Waals surface area contributed by atoms with Gasteiger partial charge in [0.25, 0.3) is 0 Å². The molecule has 0 saturated heterocycles. The number of carbonyl (C=O) groups is 1. The van der Waals surface area contributed by atoms with E-state index >= 15 is 0 Å². The zero-order valence-corrected chi connectivity index (χ0v) is 8.39. The Bertz CT molecular complexity index is 368. The van der Waals surface area contributed by atoms with E-state index in [4.69, 9.17) is 9.15 Å². The largest absolute Gasteiger partial charge is 0.486 e. The molecule has 0 atom stereocenters. The van der Waals surface area contributed by atoms with Crippen molar-refractivity contribution in [2.45, 2.75) is 13.3 Å². The number of esters is 1. The highest BCUT2D eigenvalue weighted by Crippen LogP contribution is 2.01. The molecular formula is C10H12O5. The quantitative estimate of drug-likeness (QED) is 0.680. The van der Waals surface area contributed by atoms with Crippen LogP contribution in [0.2, 0.25) is 0 Å². The summed E-state index contributed by atoms with van der Waals surface area (Å²) in [5.74, 6) is -0.250. The van der Waals surface area contributed by atoms with Crippen LogP contribution in [-0.4, -0.2) is 19.2 Å². The molecule has 0 aromatic carbocycles. The van der Waals surface area contributed by atoms with Gasteiger partial charge in [-0.05, 0) is 6.92 Å². The summed E-state index contributed by atoms with van der Waals surface area (Å²) < 4.78 is 14.5. The molecule has 0 bridgehead atoms. The van der Waals surface area contributed by atoms with Gasteiger partial charge in [0.1, 0.15) is 6.26 Å². The van der Waals surface area contributed by atoms with Gasteiger partial charge in [0.05, 0.1) is 25.9 Å². The van der Waals surface area contributed by atoms with E-state index in [0.29, 0.717) is 6.61 Å². The number of hydrogen-bond donors (Lipinski definition) is 0. The molecule has 0 fully saturated rings. The predicted octanol–water partition coefficient (Wildman–Crippen LogP) is 0.972. The van der Waals surface area contributed by atoms with Crippen molar-refractivity contribution in [3.8, 4) is 5.75 Å². The van der Waals surface area contributed by atoms with Gasteiger partial charge < -0.3 is 13.9 Å². The Kier molecular flexibility index (Phi) is 4.40. The second-order valence-electron chi connectivity index (χ2n) is 2.69. The Morgan fingerprint density at radius 1 is 1.53 bits per heavy atom. The van der Waals surface area contributed by atoms with Gasteiger partial charge in [-0.1, -0.05) is 0 Å². The van der Waals surface area contributed by atoms with E-state index in [9.17, 15) is 9.59 Å². The van der Waals surface area contributed by atoms with Crippen LogP contribution in [0.3, 0.4) is 0 Å². The number of carbonyl (C=O) groups excluding carboxylic acids is 1. The van der Waals surface area contributed by atoms with Crippen LogP contribution in [0.5, 0.6) is 5.75 Å². The van der Waals surface area contributed by atoms with Crippen LogP contribution in [0.1, 0.15) is 13.3 Å². The second-order valence-corrected chi connectivity index (χ2v) is 2.69. The topological polar surface area (TPSA) is 65.7 Å². The summed E-state index contributed by atoms with van der Waals surface area (Å²) in [7, 11) is 0. The predicted molar refractivity (Wildman–Crippen MR) is 51.7 cm³/mol. The van der Waals surface area contributed by atoms with Crippen LogP contribution >= 0.6 is 0 Å². The molecule has 0 unspecified atom stereocenters. The molecule has 1 aromatic heterocycles. The fraction of sp³-hybridized carbons (Fsp3) is 0.400. The van der Waals surface area contributed by atoms with E-state index in [1.165, 1.54) is 18.6 Å². The maximum atomic E-state index is 11.1. The lowest BCUT2D eigenvalue weighted by Gasteiger charge is -2.03. The number of rotatable bonds is 5. The van der Waals surface area contributed by atoms with Crippen molar-refractivity contribution in [1.29, 1.82) is 0 Å². The van der Waals surface area contributed by atoms with Gasteiger partial charge in [-0.15, -0.1) is 0 Å². The van der Waals surface area contributed by atoms with Gasteiger partial charge >= 0.3 is 5.97 Å². The first-order valence-electron chi connectivity index (χ1n) is 4.59. The molecule has 0 aliphatic heterocycles. The molecule has 0 aliphatic carbocycles. The van der Waals surface area contributed by atoms with Crippen LogP contribution in [0, 0.1) is 0 Å². The van der Waals surface area contributed by atoms with Crippen LogP contribution in [-0.2, 0) is 9.53 Å². The van der Waals surface area contributed by atoms with Gasteiger partial charge in [-0.25, -0.2) is 0 Å². The lowest BCUT2D eigenvalue weighted by atomic mass is 10.4. The fourth-order valence-electron chi connectivity index (χ4n) is 0.925. The van der Waals surface area contributed by atoms with Gasteiger partial charge in [0.15, 0.2) is 0 Å². The molecule has 1 aromatic rings. The molecule has 5 nitrogen and oxygen atoms in total. The molecule has 1 rings (SSSR count). The summed E-state index contributed by atoms with van der Waals surface area (Å²) in [6.07, 6.45) is 2.58. The van der Waals surface area contributed by atoms with E-state index in [1.807, 2.05) is 0 Å². The maximum absolute atomic E-state index is 11.1. The summed E-state index contributed by atoms with van der Waals surface area (Å²) in [6, 6.07) is 1.25. The number of hydrogen-bond acceptors (Lipinski definition) is 5. The van der Waals surface area contributed by atoms with Gasteiger partial charge in [-0.2, -0.15) is 0 Å². The normalized spacial score (nSPS) is 9.67. The molecule has 1 heterocycles. The van der Waals surface area contributed by atoms with E-state index < -0.39 is 0 Å². The molecule has 82 valence electrons. The summed E-state index contributed by atoms with van der Waals surface area (Å²) in [5, 5.41) is 0. The Labute approximate surface area is 86.6 Å². The summed E-state index contributed by atoms with van der Waals surface area (Å²) in [5.41, 5.74) is -0.273. The Hall–Kier alpha value is -1.78. The average Bonchev–Trinajstić information content (AvgIpc) is 2.21. The highest BCUT2D eigenvalue weighted by atomic mass is 16.5. The highest BCUT2D eigenvalue weighted by molar-refractivity contribution is 5.69. The van der Waals surface area contributed by atoms with Gasteiger partial charge in [0.2, 0.25) is 11.2 Å². The third-order valence-corrected chi connectivity index (χ3v) is 1.58. The molecule has 5 heteroatoms. The van der Waals surface area contributed by atoms with E-state index in [-0.39, 0.29) is 30.2 Å². The minimum absolute atomic E-state index is 0.0989. The first-order chi connectivity index (χ1) is 7.24. The molecule has 0 saturated carbocycles. The van der Waals surface area contributed by atoms with Crippen molar-refractivity contribution in [3.63, 3.8) is 0 Å². The standard InChI is InChI=1S/C10H12O5/c1-2-14-10(12)4-6-15-9-7-13-5-3-8(9)11/h3,5,7H,2,4,6H2,1H3. The lowest BCUT2D eigenvalue weighted by molar-refractivity contribution is -0.143.